The maximum absolute atomic E-state index is 12.5. The van der Waals surface area contributed by atoms with E-state index in [0.717, 1.165) is 32.4 Å². The lowest BCUT2D eigenvalue weighted by Gasteiger charge is -2.40. The van der Waals surface area contributed by atoms with Gasteiger partial charge in [0.2, 0.25) is 0 Å². The molecular weight excluding hydrogens is 250 g/mol. The minimum atomic E-state index is -3.22. The van der Waals surface area contributed by atoms with E-state index in [1.54, 1.807) is 8.61 Å². The Morgan fingerprint density at radius 2 is 1.56 bits per heavy atom. The molecule has 0 aromatic heterocycles. The molecule has 0 radical (unpaired) electrons. The van der Waals surface area contributed by atoms with Crippen LogP contribution in [0, 0.1) is 5.41 Å². The van der Waals surface area contributed by atoms with Gasteiger partial charge < -0.3 is 5.32 Å². The second kappa shape index (κ2) is 5.45. The number of hydrogen-bond acceptors (Lipinski definition) is 3. The third kappa shape index (κ3) is 2.87. The van der Waals surface area contributed by atoms with E-state index in [4.69, 9.17) is 0 Å². The maximum Gasteiger partial charge on any atom is 0.282 e. The molecule has 5 nitrogen and oxygen atoms in total. The van der Waals surface area contributed by atoms with Crippen LogP contribution < -0.4 is 5.32 Å². The zero-order valence-electron chi connectivity index (χ0n) is 11.5. The van der Waals surface area contributed by atoms with Crippen molar-refractivity contribution in [2.75, 3.05) is 39.3 Å². The van der Waals surface area contributed by atoms with E-state index < -0.39 is 10.2 Å². The normalized spacial score (nSPS) is 27.2. The summed E-state index contributed by atoms with van der Waals surface area (Å²) in [5.74, 6) is 0. The topological polar surface area (TPSA) is 52.7 Å². The summed E-state index contributed by atoms with van der Waals surface area (Å²) in [5, 5.41) is 3.19. The number of piperidine rings is 1. The van der Waals surface area contributed by atoms with Crippen LogP contribution in [0.2, 0.25) is 0 Å². The van der Waals surface area contributed by atoms with Crippen LogP contribution in [0.3, 0.4) is 0 Å². The van der Waals surface area contributed by atoms with Gasteiger partial charge in [-0.1, -0.05) is 20.3 Å². The minimum Gasteiger partial charge on any atom is -0.314 e. The Morgan fingerprint density at radius 3 is 2.06 bits per heavy atom. The fraction of sp³-hybridized carbons (Fsp3) is 1.00. The molecule has 0 unspecified atom stereocenters. The van der Waals surface area contributed by atoms with E-state index >= 15 is 0 Å². The summed E-state index contributed by atoms with van der Waals surface area (Å²) in [7, 11) is -3.22. The average Bonchev–Trinajstić information content (AvgIpc) is 2.40. The molecule has 18 heavy (non-hydrogen) atoms. The average molecular weight is 275 g/mol. The minimum absolute atomic E-state index is 0.329. The smallest absolute Gasteiger partial charge is 0.282 e. The second-order valence-electron chi connectivity index (χ2n) is 5.72. The Labute approximate surface area is 111 Å². The molecule has 2 rings (SSSR count). The first-order valence-corrected chi connectivity index (χ1v) is 8.34. The molecule has 6 heteroatoms. The van der Waals surface area contributed by atoms with E-state index in [2.05, 4.69) is 19.2 Å². The largest absolute Gasteiger partial charge is 0.314 e. The highest BCUT2D eigenvalue weighted by Crippen LogP contribution is 2.35. The van der Waals surface area contributed by atoms with Gasteiger partial charge in [0.15, 0.2) is 0 Å². The van der Waals surface area contributed by atoms with Gasteiger partial charge in [-0.3, -0.25) is 0 Å². The lowest BCUT2D eigenvalue weighted by molar-refractivity contribution is 0.161. The summed E-state index contributed by atoms with van der Waals surface area (Å²) >= 11 is 0. The van der Waals surface area contributed by atoms with Gasteiger partial charge in [0, 0.05) is 39.3 Å². The lowest BCUT2D eigenvalue weighted by atomic mass is 9.79. The monoisotopic (exact) mass is 275 g/mol. The highest BCUT2D eigenvalue weighted by molar-refractivity contribution is 7.86. The van der Waals surface area contributed by atoms with Gasteiger partial charge in [-0.15, -0.1) is 0 Å². The third-order valence-electron chi connectivity index (χ3n) is 4.51. The fourth-order valence-corrected chi connectivity index (χ4v) is 4.26. The van der Waals surface area contributed by atoms with Gasteiger partial charge in [-0.05, 0) is 18.3 Å². The molecule has 0 bridgehead atoms. The molecule has 2 fully saturated rings. The highest BCUT2D eigenvalue weighted by atomic mass is 32.2. The second-order valence-corrected chi connectivity index (χ2v) is 7.65. The Morgan fingerprint density at radius 1 is 1.06 bits per heavy atom. The SMILES string of the molecule is CCC1(C)CCN(S(=O)(=O)N2CCNCC2)CC1. The van der Waals surface area contributed by atoms with Gasteiger partial charge in [-0.2, -0.15) is 17.0 Å². The van der Waals surface area contributed by atoms with Gasteiger partial charge in [0.05, 0.1) is 0 Å². The summed E-state index contributed by atoms with van der Waals surface area (Å²) in [5.41, 5.74) is 0.329. The molecule has 0 spiro atoms. The summed E-state index contributed by atoms with van der Waals surface area (Å²) in [4.78, 5) is 0. The quantitative estimate of drug-likeness (QED) is 0.823. The number of rotatable bonds is 3. The molecule has 1 N–H and O–H groups in total. The Kier molecular flexibility index (Phi) is 4.31. The van der Waals surface area contributed by atoms with E-state index in [-0.39, 0.29) is 0 Å². The molecule has 2 aliphatic heterocycles. The number of hydrogen-bond donors (Lipinski definition) is 1. The van der Waals surface area contributed by atoms with Crippen molar-refractivity contribution in [3.05, 3.63) is 0 Å². The van der Waals surface area contributed by atoms with Crippen molar-refractivity contribution in [1.29, 1.82) is 0 Å². The third-order valence-corrected chi connectivity index (χ3v) is 6.55. The van der Waals surface area contributed by atoms with E-state index in [1.165, 1.54) is 0 Å². The number of piperazine rings is 1. The number of nitrogens with one attached hydrogen (secondary N) is 1. The molecule has 2 aliphatic rings. The van der Waals surface area contributed by atoms with Crippen molar-refractivity contribution >= 4 is 10.2 Å². The van der Waals surface area contributed by atoms with Crippen LogP contribution in [0.5, 0.6) is 0 Å². The van der Waals surface area contributed by atoms with Crippen LogP contribution in [0.25, 0.3) is 0 Å². The van der Waals surface area contributed by atoms with Crippen LogP contribution in [0.1, 0.15) is 33.1 Å². The van der Waals surface area contributed by atoms with Crippen LogP contribution >= 0.6 is 0 Å². The summed E-state index contributed by atoms with van der Waals surface area (Å²) in [6.07, 6.45) is 3.10. The van der Waals surface area contributed by atoms with Crippen LogP contribution in [-0.4, -0.2) is 56.3 Å². The lowest BCUT2D eigenvalue weighted by Crippen LogP contribution is -2.53. The first-order valence-electron chi connectivity index (χ1n) is 6.94. The van der Waals surface area contributed by atoms with Crippen molar-refractivity contribution < 1.29 is 8.42 Å². The predicted octanol–water partition coefficient (Wildman–Crippen LogP) is 0.649. The van der Waals surface area contributed by atoms with Crippen LogP contribution in [0.15, 0.2) is 0 Å². The molecule has 0 aromatic rings. The Bertz CT molecular complexity index is 369. The number of nitrogens with zero attached hydrogens (tertiary/aromatic N) is 2. The molecule has 0 saturated carbocycles. The Balaban J connectivity index is 1.99. The first kappa shape index (κ1) is 14.2. The van der Waals surface area contributed by atoms with Crippen molar-refractivity contribution in [1.82, 2.24) is 13.9 Å². The van der Waals surface area contributed by atoms with Crippen molar-refractivity contribution in [2.24, 2.45) is 5.41 Å². The molecule has 0 aliphatic carbocycles. The van der Waals surface area contributed by atoms with Gasteiger partial charge in [0.1, 0.15) is 0 Å². The molecular formula is C12H25N3O2S. The van der Waals surface area contributed by atoms with Crippen molar-refractivity contribution in [3.8, 4) is 0 Å². The molecule has 106 valence electrons. The molecule has 0 atom stereocenters. The highest BCUT2D eigenvalue weighted by Gasteiger charge is 2.36. The zero-order valence-corrected chi connectivity index (χ0v) is 12.3. The van der Waals surface area contributed by atoms with Gasteiger partial charge in [0.25, 0.3) is 10.2 Å². The van der Waals surface area contributed by atoms with Gasteiger partial charge >= 0.3 is 0 Å². The summed E-state index contributed by atoms with van der Waals surface area (Å²) in [6.45, 7) is 8.54. The van der Waals surface area contributed by atoms with Crippen molar-refractivity contribution in [2.45, 2.75) is 33.1 Å². The first-order chi connectivity index (χ1) is 8.48. The van der Waals surface area contributed by atoms with E-state index in [1.807, 2.05) is 0 Å². The van der Waals surface area contributed by atoms with E-state index in [9.17, 15) is 8.42 Å². The molecule has 0 aromatic carbocycles. The zero-order chi connectivity index (χ0) is 13.2. The Hall–Kier alpha value is -0.170. The van der Waals surface area contributed by atoms with Crippen molar-refractivity contribution in [3.63, 3.8) is 0 Å². The van der Waals surface area contributed by atoms with Crippen LogP contribution in [0.4, 0.5) is 0 Å². The molecule has 0 amide bonds. The standard InChI is InChI=1S/C12H25N3O2S/c1-3-12(2)4-8-14(9-5-12)18(16,17)15-10-6-13-7-11-15/h13H,3-11H2,1-2H3. The summed E-state index contributed by atoms with van der Waals surface area (Å²) < 4.78 is 28.2. The molecule has 2 heterocycles. The molecule has 2 saturated heterocycles. The predicted molar refractivity (Wildman–Crippen MR) is 72.6 cm³/mol. The van der Waals surface area contributed by atoms with Crippen LogP contribution in [-0.2, 0) is 10.2 Å². The van der Waals surface area contributed by atoms with Gasteiger partial charge in [-0.25, -0.2) is 0 Å². The fourth-order valence-electron chi connectivity index (χ4n) is 2.65. The summed E-state index contributed by atoms with van der Waals surface area (Å²) in [6, 6.07) is 0. The van der Waals surface area contributed by atoms with E-state index in [0.29, 0.717) is 31.6 Å². The maximum atomic E-state index is 12.5.